The fourth-order valence-electron chi connectivity index (χ4n) is 2.27. The predicted molar refractivity (Wildman–Crippen MR) is 89.9 cm³/mol. The number of methoxy groups -OCH3 is 2. The molecule has 2 aromatic rings. The zero-order valence-electron chi connectivity index (χ0n) is 13.8. The van der Waals surface area contributed by atoms with Gasteiger partial charge in [-0.05, 0) is 26.8 Å². The zero-order chi connectivity index (χ0) is 17.1. The summed E-state index contributed by atoms with van der Waals surface area (Å²) in [6, 6.07) is 5.13. The molecule has 0 radical (unpaired) electrons. The van der Waals surface area contributed by atoms with Crippen molar-refractivity contribution in [3.8, 4) is 11.5 Å². The number of aryl methyl sites for hydroxylation is 1. The average molecular weight is 338 g/mol. The van der Waals surface area contributed by atoms with E-state index >= 15 is 0 Å². The Morgan fingerprint density at radius 3 is 2.39 bits per heavy atom. The maximum absolute atomic E-state index is 12.4. The summed E-state index contributed by atoms with van der Waals surface area (Å²) < 4.78 is 12.2. The third-order valence-corrected chi connectivity index (χ3v) is 3.66. The van der Waals surface area contributed by atoms with Gasteiger partial charge in [-0.15, -0.1) is 0 Å². The number of hydrogen-bond donors (Lipinski definition) is 1. The average Bonchev–Trinajstić information content (AvgIpc) is 2.90. The van der Waals surface area contributed by atoms with Crippen molar-refractivity contribution in [3.05, 3.63) is 34.6 Å². The maximum Gasteiger partial charge on any atom is 0.276 e. The summed E-state index contributed by atoms with van der Waals surface area (Å²) in [5.74, 6) is 0.575. The number of nitrogens with one attached hydrogen (secondary N) is 1. The first kappa shape index (κ1) is 17.1. The molecule has 0 aliphatic carbocycles. The Hall–Kier alpha value is -2.21. The second-order valence-electron chi connectivity index (χ2n) is 5.35. The van der Waals surface area contributed by atoms with Gasteiger partial charge in [-0.3, -0.25) is 9.48 Å². The summed E-state index contributed by atoms with van der Waals surface area (Å²) in [4.78, 5) is 12.4. The number of halogens is 1. The first-order valence-electron chi connectivity index (χ1n) is 7.16. The lowest BCUT2D eigenvalue weighted by Crippen LogP contribution is -2.14. The first-order valence-corrected chi connectivity index (χ1v) is 7.54. The number of rotatable bonds is 5. The monoisotopic (exact) mass is 337 g/mol. The Morgan fingerprint density at radius 2 is 1.87 bits per heavy atom. The van der Waals surface area contributed by atoms with Crippen molar-refractivity contribution in [1.82, 2.24) is 9.78 Å². The molecule has 0 unspecified atom stereocenters. The van der Waals surface area contributed by atoms with E-state index in [0.717, 1.165) is 5.69 Å². The molecule has 2 rings (SSSR count). The summed E-state index contributed by atoms with van der Waals surface area (Å²) >= 11 is 6.06. The van der Waals surface area contributed by atoms with Crippen molar-refractivity contribution in [3.63, 3.8) is 0 Å². The van der Waals surface area contributed by atoms with Crippen molar-refractivity contribution in [2.75, 3.05) is 19.5 Å². The fourth-order valence-corrected chi connectivity index (χ4v) is 2.50. The number of aromatic nitrogens is 2. The molecular weight excluding hydrogens is 318 g/mol. The number of amides is 1. The fraction of sp³-hybridized carbons (Fsp3) is 0.375. The van der Waals surface area contributed by atoms with Crippen LogP contribution in [0.15, 0.2) is 18.2 Å². The largest absolute Gasteiger partial charge is 0.495 e. The van der Waals surface area contributed by atoms with Crippen LogP contribution >= 0.6 is 11.6 Å². The van der Waals surface area contributed by atoms with Gasteiger partial charge in [-0.1, -0.05) is 11.6 Å². The van der Waals surface area contributed by atoms with Crippen molar-refractivity contribution < 1.29 is 14.3 Å². The van der Waals surface area contributed by atoms with E-state index in [9.17, 15) is 4.79 Å². The third kappa shape index (κ3) is 3.59. The summed E-state index contributed by atoms with van der Waals surface area (Å²) in [6.45, 7) is 5.93. The smallest absolute Gasteiger partial charge is 0.276 e. The van der Waals surface area contributed by atoms with E-state index in [1.54, 1.807) is 22.9 Å². The van der Waals surface area contributed by atoms with Crippen LogP contribution in [0.2, 0.25) is 5.02 Å². The molecule has 1 heterocycles. The Bertz CT molecular complexity index is 726. The first-order chi connectivity index (χ1) is 10.9. The molecule has 1 aromatic carbocycles. The van der Waals surface area contributed by atoms with Crippen LogP contribution in [0.5, 0.6) is 11.5 Å². The van der Waals surface area contributed by atoms with Gasteiger partial charge in [0.05, 0.1) is 24.9 Å². The molecule has 0 fully saturated rings. The van der Waals surface area contributed by atoms with Gasteiger partial charge >= 0.3 is 0 Å². The highest BCUT2D eigenvalue weighted by molar-refractivity contribution is 6.32. The Kier molecular flexibility index (Phi) is 5.15. The molecule has 1 amide bonds. The van der Waals surface area contributed by atoms with Gasteiger partial charge in [0.1, 0.15) is 11.5 Å². The van der Waals surface area contributed by atoms with Gasteiger partial charge in [-0.25, -0.2) is 0 Å². The third-order valence-electron chi connectivity index (χ3n) is 3.37. The highest BCUT2D eigenvalue weighted by Gasteiger charge is 2.17. The molecular formula is C16H20ClN3O3. The number of carbonyl (C=O) groups is 1. The van der Waals surface area contributed by atoms with Crippen molar-refractivity contribution in [2.24, 2.45) is 0 Å². The SMILES string of the molecule is COc1cc(NC(=O)c2cc(C)n(C(C)C)n2)c(OC)cc1Cl. The van der Waals surface area contributed by atoms with Crippen LogP contribution in [0, 0.1) is 6.92 Å². The molecule has 0 atom stereocenters. The van der Waals surface area contributed by atoms with E-state index in [0.29, 0.717) is 27.9 Å². The van der Waals surface area contributed by atoms with Gasteiger partial charge < -0.3 is 14.8 Å². The normalized spacial score (nSPS) is 10.7. The lowest BCUT2D eigenvalue weighted by Gasteiger charge is -2.12. The lowest BCUT2D eigenvalue weighted by molar-refractivity contribution is 0.102. The topological polar surface area (TPSA) is 65.4 Å². The molecule has 0 saturated carbocycles. The van der Waals surface area contributed by atoms with Crippen LogP contribution in [0.25, 0.3) is 0 Å². The minimum atomic E-state index is -0.324. The van der Waals surface area contributed by atoms with Crippen LogP contribution in [0.3, 0.4) is 0 Å². The van der Waals surface area contributed by atoms with E-state index < -0.39 is 0 Å². The highest BCUT2D eigenvalue weighted by atomic mass is 35.5. The Balaban J connectivity index is 2.31. The number of carbonyl (C=O) groups excluding carboxylic acids is 1. The minimum Gasteiger partial charge on any atom is -0.495 e. The molecule has 124 valence electrons. The molecule has 0 aliphatic rings. The standard InChI is InChI=1S/C16H20ClN3O3/c1-9(2)20-10(3)6-13(19-20)16(21)18-12-8-14(22-4)11(17)7-15(12)23-5/h6-9H,1-5H3,(H,18,21). The number of anilines is 1. The Labute approximate surface area is 140 Å². The molecule has 1 aromatic heterocycles. The van der Waals surface area contributed by atoms with Gasteiger partial charge in [0.15, 0.2) is 5.69 Å². The predicted octanol–water partition coefficient (Wildman–Crippen LogP) is 3.70. The number of hydrogen-bond acceptors (Lipinski definition) is 4. The summed E-state index contributed by atoms with van der Waals surface area (Å²) in [6.07, 6.45) is 0. The second-order valence-corrected chi connectivity index (χ2v) is 5.76. The number of nitrogens with zero attached hydrogens (tertiary/aromatic N) is 2. The maximum atomic E-state index is 12.4. The van der Waals surface area contributed by atoms with Crippen molar-refractivity contribution in [1.29, 1.82) is 0 Å². The molecule has 0 saturated heterocycles. The molecule has 0 aliphatic heterocycles. The molecule has 7 heteroatoms. The van der Waals surface area contributed by atoms with E-state index in [1.807, 2.05) is 20.8 Å². The van der Waals surface area contributed by atoms with Crippen LogP contribution in [-0.2, 0) is 0 Å². The van der Waals surface area contributed by atoms with Crippen LogP contribution in [0.1, 0.15) is 36.1 Å². The lowest BCUT2D eigenvalue weighted by atomic mass is 10.2. The Morgan fingerprint density at radius 1 is 1.22 bits per heavy atom. The van der Waals surface area contributed by atoms with Crippen LogP contribution in [0.4, 0.5) is 5.69 Å². The summed E-state index contributed by atoms with van der Waals surface area (Å²) in [5.41, 5.74) is 1.73. The van der Waals surface area contributed by atoms with Gasteiger partial charge in [-0.2, -0.15) is 5.10 Å². The molecule has 6 nitrogen and oxygen atoms in total. The molecule has 1 N–H and O–H groups in total. The highest BCUT2D eigenvalue weighted by Crippen LogP contribution is 2.36. The minimum absolute atomic E-state index is 0.182. The number of ether oxygens (including phenoxy) is 2. The van der Waals surface area contributed by atoms with E-state index in [2.05, 4.69) is 10.4 Å². The summed E-state index contributed by atoms with van der Waals surface area (Å²) in [5, 5.41) is 7.51. The summed E-state index contributed by atoms with van der Waals surface area (Å²) in [7, 11) is 3.01. The van der Waals surface area contributed by atoms with Crippen LogP contribution in [-0.4, -0.2) is 29.9 Å². The van der Waals surface area contributed by atoms with Crippen molar-refractivity contribution in [2.45, 2.75) is 26.8 Å². The number of benzene rings is 1. The molecule has 23 heavy (non-hydrogen) atoms. The van der Waals surface area contributed by atoms with E-state index in [-0.39, 0.29) is 11.9 Å². The van der Waals surface area contributed by atoms with E-state index in [4.69, 9.17) is 21.1 Å². The molecule has 0 bridgehead atoms. The van der Waals surface area contributed by atoms with Gasteiger partial charge in [0.25, 0.3) is 5.91 Å². The van der Waals surface area contributed by atoms with E-state index in [1.165, 1.54) is 14.2 Å². The quantitative estimate of drug-likeness (QED) is 0.903. The van der Waals surface area contributed by atoms with Gasteiger partial charge in [0, 0.05) is 23.9 Å². The van der Waals surface area contributed by atoms with Gasteiger partial charge in [0.2, 0.25) is 0 Å². The molecule has 0 spiro atoms. The second kappa shape index (κ2) is 6.91. The van der Waals surface area contributed by atoms with Crippen molar-refractivity contribution >= 4 is 23.2 Å². The van der Waals surface area contributed by atoms with Crippen LogP contribution < -0.4 is 14.8 Å². The zero-order valence-corrected chi connectivity index (χ0v) is 14.6.